The Bertz CT molecular complexity index is 46.8. The predicted molar refractivity (Wildman–Crippen MR) is 17.9 cm³/mol. The topological polar surface area (TPSA) is 41.9 Å². The van der Waals surface area contributed by atoms with Gasteiger partial charge < -0.3 is 5.02 Å². The number of hydroxylamine groups is 2. The third kappa shape index (κ3) is 0.527. The van der Waals surface area contributed by atoms with Gasteiger partial charge in [0.1, 0.15) is 0 Å². The fourth-order valence-electron chi connectivity index (χ4n) is 0.262. The van der Waals surface area contributed by atoms with Crippen molar-refractivity contribution in [2.24, 2.45) is 0 Å². The molecule has 0 aromatic heterocycles. The summed E-state index contributed by atoms with van der Waals surface area (Å²) in [5.41, 5.74) is 0. The Morgan fingerprint density at radius 2 is 2.17 bits per heavy atom. The first-order valence-corrected chi connectivity index (χ1v) is 1.54. The summed E-state index contributed by atoms with van der Waals surface area (Å²) in [5.74, 6) is 0. The number of rotatable bonds is 0. The molecule has 1 saturated heterocycles. The van der Waals surface area contributed by atoms with Crippen molar-refractivity contribution in [1.82, 2.24) is 5.23 Å². The molecule has 1 aliphatic rings. The predicted octanol–water partition coefficient (Wildman–Crippen LogP) is -1.23. The summed E-state index contributed by atoms with van der Waals surface area (Å²) >= 11 is 0. The van der Waals surface area contributed by atoms with Gasteiger partial charge in [-0.15, -0.1) is 0 Å². The fraction of sp³-hybridized carbons (Fsp3) is 1.00. The van der Waals surface area contributed by atoms with Crippen LogP contribution >= 0.6 is 0 Å². The third-order valence-corrected chi connectivity index (χ3v) is 0.477. The molecule has 1 N–H and O–H groups in total. The van der Waals surface area contributed by atoms with E-state index in [-0.39, 0.29) is 0 Å². The number of nitrogens with zero attached hydrogens (tertiary/aromatic N) is 1. The highest BCUT2D eigenvalue weighted by atomic mass is 17.1. The molecule has 1 rings (SSSR count). The average molecular weight is 88.9 g/mol. The second kappa shape index (κ2) is 1.20. The highest BCUT2D eigenvalue weighted by Crippen LogP contribution is 2.02. The van der Waals surface area contributed by atoms with E-state index in [1.807, 2.05) is 0 Å². The van der Waals surface area contributed by atoms with Crippen LogP contribution in [0.2, 0.25) is 0 Å². The molecule has 0 aliphatic carbocycles. The lowest BCUT2D eigenvalue weighted by atomic mass is 10.2. The lowest BCUT2D eigenvalue weighted by Gasteiger charge is -2.26. The van der Waals surface area contributed by atoms with E-state index in [4.69, 9.17) is 5.02 Å². The number of hydrogen-bond acceptors (Lipinski definition) is 4. The molecule has 0 saturated carbocycles. The van der Waals surface area contributed by atoms with Crippen molar-refractivity contribution in [1.29, 1.82) is 0 Å². The van der Waals surface area contributed by atoms with Crippen LogP contribution in [-0.2, 0) is 9.51 Å². The Hall–Kier alpha value is -0.0951. The van der Waals surface area contributed by atoms with E-state index < -0.39 is 7.32 Å². The molecule has 0 radical (unpaired) electrons. The molecule has 4 nitrogen and oxygen atoms in total. The summed E-state index contributed by atoms with van der Waals surface area (Å²) < 4.78 is 8.61. The second-order valence-corrected chi connectivity index (χ2v) is 0.958. The normalized spacial score (nSPS) is 24.0. The minimum atomic E-state index is -1.03. The summed E-state index contributed by atoms with van der Waals surface area (Å²) in [6, 6.07) is 0. The highest BCUT2D eigenvalue weighted by Gasteiger charge is 2.32. The van der Waals surface area contributed by atoms with Gasteiger partial charge in [0.2, 0.25) is 0 Å². The van der Waals surface area contributed by atoms with Crippen LogP contribution < -0.4 is 0 Å². The van der Waals surface area contributed by atoms with Crippen molar-refractivity contribution >= 4 is 7.32 Å². The minimum Gasteiger partial charge on any atom is -0.400 e. The van der Waals surface area contributed by atoms with Crippen LogP contribution in [0.15, 0.2) is 0 Å². The molecule has 6 heavy (non-hydrogen) atoms. The van der Waals surface area contributed by atoms with Crippen molar-refractivity contribution in [3.05, 3.63) is 0 Å². The molecule has 1 fully saturated rings. The molecular formula is CH4BNO3. The SMILES string of the molecule is CN1OB(O)O1. The molecule has 0 amide bonds. The maximum Gasteiger partial charge on any atom is 0.675 e. The Morgan fingerprint density at radius 3 is 2.17 bits per heavy atom. The Kier molecular flexibility index (Phi) is 0.813. The van der Waals surface area contributed by atoms with E-state index in [0.29, 0.717) is 0 Å². The summed E-state index contributed by atoms with van der Waals surface area (Å²) in [6.45, 7) is 0. The third-order valence-electron chi connectivity index (χ3n) is 0.477. The van der Waals surface area contributed by atoms with Crippen LogP contribution in [0.3, 0.4) is 0 Å². The number of hydrogen-bond donors (Lipinski definition) is 1. The zero-order chi connectivity index (χ0) is 4.57. The molecule has 0 atom stereocenters. The Balaban J connectivity index is 2.11. The molecule has 0 aromatic carbocycles. The molecule has 0 unspecified atom stereocenters. The van der Waals surface area contributed by atoms with Gasteiger partial charge >= 0.3 is 7.32 Å². The van der Waals surface area contributed by atoms with Gasteiger partial charge in [0.15, 0.2) is 0 Å². The van der Waals surface area contributed by atoms with Crippen LogP contribution in [0, 0.1) is 0 Å². The summed E-state index contributed by atoms with van der Waals surface area (Å²) in [4.78, 5) is 0. The molecule has 0 aromatic rings. The van der Waals surface area contributed by atoms with E-state index in [1.54, 1.807) is 7.05 Å². The standard InChI is InChI=1S/CH4BNO3/c1-3-5-2(4)6-3/h4H,1H3. The summed E-state index contributed by atoms with van der Waals surface area (Å²) in [6.07, 6.45) is 0. The average Bonchev–Trinajstić information content (AvgIpc) is 1.33. The fourth-order valence-corrected chi connectivity index (χ4v) is 0.262. The first kappa shape index (κ1) is 4.07. The van der Waals surface area contributed by atoms with E-state index in [9.17, 15) is 0 Å². The van der Waals surface area contributed by atoms with Gasteiger partial charge in [0, 0.05) is 7.05 Å². The van der Waals surface area contributed by atoms with Gasteiger partial charge in [0.05, 0.1) is 0 Å². The molecule has 34 valence electrons. The Labute approximate surface area is 35.4 Å². The van der Waals surface area contributed by atoms with Crippen molar-refractivity contribution in [3.8, 4) is 0 Å². The first-order valence-electron chi connectivity index (χ1n) is 1.54. The highest BCUT2D eigenvalue weighted by molar-refractivity contribution is 6.35. The molecular weight excluding hydrogens is 84.8 g/mol. The van der Waals surface area contributed by atoms with Crippen molar-refractivity contribution in [3.63, 3.8) is 0 Å². The van der Waals surface area contributed by atoms with Crippen LogP contribution in [0.1, 0.15) is 0 Å². The molecule has 0 spiro atoms. The maximum absolute atomic E-state index is 8.13. The minimum absolute atomic E-state index is 1.03. The van der Waals surface area contributed by atoms with Gasteiger partial charge in [-0.2, -0.15) is 0 Å². The molecule has 5 heteroatoms. The van der Waals surface area contributed by atoms with E-state index in [0.717, 1.165) is 5.23 Å². The summed E-state index contributed by atoms with van der Waals surface area (Å²) in [5, 5.41) is 9.21. The van der Waals surface area contributed by atoms with Crippen LogP contribution in [0.4, 0.5) is 0 Å². The van der Waals surface area contributed by atoms with Gasteiger partial charge in [-0.3, -0.25) is 9.51 Å². The van der Waals surface area contributed by atoms with Gasteiger partial charge in [-0.1, -0.05) is 5.23 Å². The largest absolute Gasteiger partial charge is 0.675 e. The zero-order valence-electron chi connectivity index (χ0n) is 3.29. The van der Waals surface area contributed by atoms with Gasteiger partial charge in [-0.05, 0) is 0 Å². The first-order chi connectivity index (χ1) is 2.79. The zero-order valence-corrected chi connectivity index (χ0v) is 3.29. The maximum atomic E-state index is 8.13. The smallest absolute Gasteiger partial charge is 0.400 e. The lowest BCUT2D eigenvalue weighted by molar-refractivity contribution is -0.358. The van der Waals surface area contributed by atoms with E-state index in [1.165, 1.54) is 0 Å². The summed E-state index contributed by atoms with van der Waals surface area (Å²) in [7, 11) is 0.516. The van der Waals surface area contributed by atoms with E-state index in [2.05, 4.69) is 9.51 Å². The quantitative estimate of drug-likeness (QED) is 0.377. The van der Waals surface area contributed by atoms with E-state index >= 15 is 0 Å². The Morgan fingerprint density at radius 1 is 1.67 bits per heavy atom. The lowest BCUT2D eigenvalue weighted by Crippen LogP contribution is -2.47. The van der Waals surface area contributed by atoms with Crippen molar-refractivity contribution in [2.45, 2.75) is 0 Å². The van der Waals surface area contributed by atoms with Crippen molar-refractivity contribution < 1.29 is 14.5 Å². The molecule has 1 heterocycles. The monoisotopic (exact) mass is 89.0 g/mol. The van der Waals surface area contributed by atoms with Crippen LogP contribution in [0.5, 0.6) is 0 Å². The van der Waals surface area contributed by atoms with Gasteiger partial charge in [-0.25, -0.2) is 0 Å². The van der Waals surface area contributed by atoms with Crippen LogP contribution in [-0.4, -0.2) is 24.6 Å². The second-order valence-electron chi connectivity index (χ2n) is 0.958. The van der Waals surface area contributed by atoms with Gasteiger partial charge in [0.25, 0.3) is 0 Å². The molecule has 0 bridgehead atoms. The molecule has 1 aliphatic heterocycles. The van der Waals surface area contributed by atoms with Crippen molar-refractivity contribution in [2.75, 3.05) is 7.05 Å². The van der Waals surface area contributed by atoms with Crippen LogP contribution in [0.25, 0.3) is 0 Å².